The van der Waals surface area contributed by atoms with E-state index in [9.17, 15) is 9.59 Å². The first-order chi connectivity index (χ1) is 10.7. The average Bonchev–Trinajstić information content (AvgIpc) is 3.25. The fraction of sp³-hybridized carbons (Fsp3) is 0.357. The highest BCUT2D eigenvalue weighted by atomic mass is 35.5. The molecular formula is C14H17ClN4O3S. The molecule has 23 heavy (non-hydrogen) atoms. The summed E-state index contributed by atoms with van der Waals surface area (Å²) < 4.78 is 4.65. The fourth-order valence-corrected chi connectivity index (χ4v) is 3.06. The molecule has 0 saturated carbocycles. The first-order valence-corrected chi connectivity index (χ1v) is 7.82. The zero-order chi connectivity index (χ0) is 15.5. The first-order valence-electron chi connectivity index (χ1n) is 6.94. The Morgan fingerprint density at radius 2 is 2.30 bits per heavy atom. The number of ether oxygens (including phenoxy) is 1. The molecule has 3 heterocycles. The van der Waals surface area contributed by atoms with Crippen LogP contribution in [0.4, 0.5) is 5.13 Å². The zero-order valence-corrected chi connectivity index (χ0v) is 14.1. The van der Waals surface area contributed by atoms with Crippen LogP contribution in [-0.2, 0) is 9.53 Å². The summed E-state index contributed by atoms with van der Waals surface area (Å²) in [5, 5.41) is 8.35. The molecule has 1 atom stereocenters. The molecule has 2 aromatic rings. The number of aromatic nitrogens is 2. The first kappa shape index (κ1) is 17.5. The molecule has 0 radical (unpaired) electrons. The van der Waals surface area contributed by atoms with Crippen LogP contribution in [0.15, 0.2) is 17.6 Å². The van der Waals surface area contributed by atoms with Gasteiger partial charge >= 0.3 is 5.97 Å². The minimum Gasteiger partial charge on any atom is -0.464 e. The van der Waals surface area contributed by atoms with E-state index in [4.69, 9.17) is 0 Å². The molecule has 1 saturated heterocycles. The molecule has 1 unspecified atom stereocenters. The van der Waals surface area contributed by atoms with E-state index >= 15 is 0 Å². The number of H-pyrrole nitrogens is 1. The third-order valence-corrected chi connectivity index (χ3v) is 4.25. The van der Waals surface area contributed by atoms with Gasteiger partial charge < -0.3 is 20.4 Å². The second-order valence-corrected chi connectivity index (χ2v) is 5.83. The highest BCUT2D eigenvalue weighted by Gasteiger charge is 2.22. The van der Waals surface area contributed by atoms with Gasteiger partial charge in [0.2, 0.25) is 5.91 Å². The van der Waals surface area contributed by atoms with E-state index in [2.05, 4.69) is 25.3 Å². The normalized spacial score (nSPS) is 16.7. The lowest BCUT2D eigenvalue weighted by molar-refractivity contribution is -0.117. The van der Waals surface area contributed by atoms with Gasteiger partial charge in [-0.25, -0.2) is 9.78 Å². The van der Waals surface area contributed by atoms with Crippen LogP contribution >= 0.6 is 23.7 Å². The van der Waals surface area contributed by atoms with Crippen LogP contribution in [0.3, 0.4) is 0 Å². The second-order valence-electron chi connectivity index (χ2n) is 4.97. The van der Waals surface area contributed by atoms with Gasteiger partial charge in [0.05, 0.1) is 18.8 Å². The number of hydrogen-bond acceptors (Lipinski definition) is 6. The van der Waals surface area contributed by atoms with E-state index in [1.165, 1.54) is 18.4 Å². The topological polar surface area (TPSA) is 96.1 Å². The molecule has 0 aliphatic carbocycles. The third-order valence-electron chi connectivity index (χ3n) is 3.50. The summed E-state index contributed by atoms with van der Waals surface area (Å²) in [4.78, 5) is 30.7. The number of amides is 1. The number of carbonyl (C=O) groups is 2. The number of halogens is 1. The Kier molecular flexibility index (Phi) is 5.75. The lowest BCUT2D eigenvalue weighted by atomic mass is 10.2. The van der Waals surface area contributed by atoms with Crippen LogP contribution < -0.4 is 10.6 Å². The quantitative estimate of drug-likeness (QED) is 0.728. The number of hydrogen-bond donors (Lipinski definition) is 3. The largest absolute Gasteiger partial charge is 0.464 e. The minimum absolute atomic E-state index is 0. The van der Waals surface area contributed by atoms with Gasteiger partial charge in [0.15, 0.2) is 5.13 Å². The summed E-state index contributed by atoms with van der Waals surface area (Å²) in [7, 11) is 1.33. The number of anilines is 1. The van der Waals surface area contributed by atoms with Crippen LogP contribution in [0, 0.1) is 0 Å². The van der Waals surface area contributed by atoms with Crippen molar-refractivity contribution in [3.8, 4) is 11.3 Å². The SMILES string of the molecule is COC(=O)c1cc(-c2csc(NC(=O)C3CCCN3)n2)c[nH]1.Cl. The van der Waals surface area contributed by atoms with E-state index in [1.54, 1.807) is 12.3 Å². The van der Waals surface area contributed by atoms with Gasteiger partial charge in [0, 0.05) is 17.1 Å². The Morgan fingerprint density at radius 1 is 1.48 bits per heavy atom. The van der Waals surface area contributed by atoms with Crippen LogP contribution in [-0.4, -0.2) is 41.5 Å². The summed E-state index contributed by atoms with van der Waals surface area (Å²) >= 11 is 1.35. The molecule has 7 nitrogen and oxygen atoms in total. The predicted octanol–water partition coefficient (Wildman–Crippen LogP) is 2.04. The van der Waals surface area contributed by atoms with Gasteiger partial charge in [0.25, 0.3) is 0 Å². The Bertz CT molecular complexity index is 694. The van der Waals surface area contributed by atoms with Gasteiger partial charge in [-0.1, -0.05) is 0 Å². The maximum Gasteiger partial charge on any atom is 0.354 e. The van der Waals surface area contributed by atoms with Gasteiger partial charge in [-0.05, 0) is 25.5 Å². The van der Waals surface area contributed by atoms with E-state index in [1.807, 2.05) is 5.38 Å². The number of thiazole rings is 1. The highest BCUT2D eigenvalue weighted by molar-refractivity contribution is 7.14. The summed E-state index contributed by atoms with van der Waals surface area (Å²) in [6, 6.07) is 1.54. The van der Waals surface area contributed by atoms with Crippen molar-refractivity contribution in [1.82, 2.24) is 15.3 Å². The van der Waals surface area contributed by atoms with Crippen LogP contribution in [0.1, 0.15) is 23.3 Å². The Morgan fingerprint density at radius 3 is 3.00 bits per heavy atom. The van der Waals surface area contributed by atoms with Crippen molar-refractivity contribution in [3.05, 3.63) is 23.3 Å². The summed E-state index contributed by atoms with van der Waals surface area (Å²) in [5.41, 5.74) is 1.84. The molecule has 0 aromatic carbocycles. The predicted molar refractivity (Wildman–Crippen MR) is 90.1 cm³/mol. The minimum atomic E-state index is -0.428. The van der Waals surface area contributed by atoms with Crippen molar-refractivity contribution in [3.63, 3.8) is 0 Å². The molecule has 124 valence electrons. The van der Waals surface area contributed by atoms with Crippen LogP contribution in [0.25, 0.3) is 11.3 Å². The maximum atomic E-state index is 12.0. The molecule has 3 N–H and O–H groups in total. The average molecular weight is 357 g/mol. The van der Waals surface area contributed by atoms with Gasteiger partial charge in [-0.3, -0.25) is 4.79 Å². The lowest BCUT2D eigenvalue weighted by Gasteiger charge is -2.08. The molecular weight excluding hydrogens is 340 g/mol. The lowest BCUT2D eigenvalue weighted by Crippen LogP contribution is -2.35. The number of nitrogens with zero attached hydrogens (tertiary/aromatic N) is 1. The highest BCUT2D eigenvalue weighted by Crippen LogP contribution is 2.26. The molecule has 1 aliphatic heterocycles. The molecule has 2 aromatic heterocycles. The van der Waals surface area contributed by atoms with Crippen molar-refractivity contribution < 1.29 is 14.3 Å². The third kappa shape index (κ3) is 3.90. The number of aromatic amines is 1. The summed E-state index contributed by atoms with van der Waals surface area (Å²) in [5.74, 6) is -0.481. The number of rotatable bonds is 4. The molecule has 1 amide bonds. The summed E-state index contributed by atoms with van der Waals surface area (Å²) in [6.07, 6.45) is 3.55. The van der Waals surface area contributed by atoms with Crippen molar-refractivity contribution in [2.45, 2.75) is 18.9 Å². The summed E-state index contributed by atoms with van der Waals surface area (Å²) in [6.45, 7) is 0.876. The molecule has 0 bridgehead atoms. The van der Waals surface area contributed by atoms with E-state index in [0.717, 1.165) is 24.9 Å². The maximum absolute atomic E-state index is 12.0. The van der Waals surface area contributed by atoms with Crippen molar-refractivity contribution in [2.75, 3.05) is 19.0 Å². The molecule has 3 rings (SSSR count). The smallest absolute Gasteiger partial charge is 0.354 e. The monoisotopic (exact) mass is 356 g/mol. The van der Waals surface area contributed by atoms with E-state index in [-0.39, 0.29) is 24.4 Å². The van der Waals surface area contributed by atoms with Crippen LogP contribution in [0.5, 0.6) is 0 Å². The van der Waals surface area contributed by atoms with E-state index < -0.39 is 5.97 Å². The van der Waals surface area contributed by atoms with Crippen LogP contribution in [0.2, 0.25) is 0 Å². The fourth-order valence-electron chi connectivity index (χ4n) is 2.33. The van der Waals surface area contributed by atoms with Gasteiger partial charge in [-0.15, -0.1) is 23.7 Å². The Balaban J connectivity index is 0.00000192. The van der Waals surface area contributed by atoms with Gasteiger partial charge in [0.1, 0.15) is 5.69 Å². The molecule has 9 heteroatoms. The number of nitrogens with one attached hydrogen (secondary N) is 3. The molecule has 1 fully saturated rings. The van der Waals surface area contributed by atoms with E-state index in [0.29, 0.717) is 16.5 Å². The standard InChI is InChI=1S/C14H16N4O3S.ClH/c1-21-13(20)10-5-8(6-16-10)11-7-22-14(17-11)18-12(19)9-3-2-4-15-9;/h5-7,9,15-16H,2-4H2,1H3,(H,17,18,19);1H. The van der Waals surface area contributed by atoms with Crippen molar-refractivity contribution in [1.29, 1.82) is 0 Å². The number of methoxy groups -OCH3 is 1. The van der Waals surface area contributed by atoms with Crippen molar-refractivity contribution >= 4 is 40.8 Å². The zero-order valence-electron chi connectivity index (χ0n) is 12.4. The number of carbonyl (C=O) groups excluding carboxylic acids is 2. The van der Waals surface area contributed by atoms with Crippen molar-refractivity contribution in [2.24, 2.45) is 0 Å². The van der Waals surface area contributed by atoms with Gasteiger partial charge in [-0.2, -0.15) is 0 Å². The Labute approximate surface area is 143 Å². The molecule has 0 spiro atoms. The Hall–Kier alpha value is -1.90. The second kappa shape index (κ2) is 7.58. The molecule has 1 aliphatic rings. The number of esters is 1.